The maximum absolute atomic E-state index is 13.7. The standard InChI is InChI=1S/C28H37N3O4/c1-6-10-19(4)23-16-25(35-30-23)26(18(2)3)28(34)31-17-22(32)15-24(31)27(33)29-20(5)13-14-21-11-8-7-9-12-21/h7-9,11-12,16,18-20,22,24,26,32H,6,10,15,17H2,1-5H3,(H,29,33)/t19?,20-,22+,24-,26?/m0/s1. The van der Waals surface area contributed by atoms with E-state index in [-0.39, 0.29) is 36.6 Å². The van der Waals surface area contributed by atoms with Crippen molar-refractivity contribution in [2.45, 2.75) is 83.9 Å². The summed E-state index contributed by atoms with van der Waals surface area (Å²) >= 11 is 0. The number of β-amino-alcohol motifs (C(OH)–C–C–N with tert-alkyl or cyclic N) is 1. The van der Waals surface area contributed by atoms with Crippen LogP contribution in [-0.4, -0.2) is 51.7 Å². The van der Waals surface area contributed by atoms with Gasteiger partial charge >= 0.3 is 0 Å². The summed E-state index contributed by atoms with van der Waals surface area (Å²) in [5.74, 6) is 5.62. The lowest BCUT2D eigenvalue weighted by Crippen LogP contribution is -2.49. The van der Waals surface area contributed by atoms with E-state index >= 15 is 0 Å². The topological polar surface area (TPSA) is 95.7 Å². The van der Waals surface area contributed by atoms with Crippen molar-refractivity contribution in [1.82, 2.24) is 15.4 Å². The molecule has 0 spiro atoms. The highest BCUT2D eigenvalue weighted by Gasteiger charge is 2.43. The molecule has 2 aromatic rings. The van der Waals surface area contributed by atoms with Crippen LogP contribution in [0.5, 0.6) is 0 Å². The lowest BCUT2D eigenvalue weighted by Gasteiger charge is -2.29. The van der Waals surface area contributed by atoms with Crippen molar-refractivity contribution < 1.29 is 19.2 Å². The van der Waals surface area contributed by atoms with Crippen molar-refractivity contribution in [3.8, 4) is 11.8 Å². The number of aromatic nitrogens is 1. The maximum atomic E-state index is 13.7. The van der Waals surface area contributed by atoms with Crippen LogP contribution >= 0.6 is 0 Å². The third-order valence-corrected chi connectivity index (χ3v) is 6.44. The van der Waals surface area contributed by atoms with Gasteiger partial charge in [-0.15, -0.1) is 0 Å². The third-order valence-electron chi connectivity index (χ3n) is 6.44. The van der Waals surface area contributed by atoms with Gasteiger partial charge in [-0.25, -0.2) is 0 Å². The molecule has 0 radical (unpaired) electrons. The Bertz CT molecular complexity index is 1050. The summed E-state index contributed by atoms with van der Waals surface area (Å²) < 4.78 is 5.62. The van der Waals surface area contributed by atoms with Crippen LogP contribution in [0.15, 0.2) is 40.9 Å². The van der Waals surface area contributed by atoms with Crippen LogP contribution in [0, 0.1) is 17.8 Å². The lowest BCUT2D eigenvalue weighted by atomic mass is 9.90. The first kappa shape index (κ1) is 26.5. The molecule has 1 saturated heterocycles. The summed E-state index contributed by atoms with van der Waals surface area (Å²) in [5, 5.41) is 17.4. The van der Waals surface area contributed by atoms with Crippen molar-refractivity contribution in [2.24, 2.45) is 5.92 Å². The Hall–Kier alpha value is -3.11. The predicted molar refractivity (Wildman–Crippen MR) is 134 cm³/mol. The van der Waals surface area contributed by atoms with Crippen LogP contribution in [0.4, 0.5) is 0 Å². The number of aliphatic hydroxyl groups is 1. The largest absolute Gasteiger partial charge is 0.391 e. The number of hydrogen-bond acceptors (Lipinski definition) is 5. The smallest absolute Gasteiger partial charge is 0.243 e. The van der Waals surface area contributed by atoms with E-state index in [4.69, 9.17) is 4.52 Å². The van der Waals surface area contributed by atoms with Crippen LogP contribution in [-0.2, 0) is 9.59 Å². The lowest BCUT2D eigenvalue weighted by molar-refractivity contribution is -0.141. The molecule has 1 aliphatic heterocycles. The SMILES string of the molecule is CCCC(C)c1cc(C(C(=O)N2C[C@H](O)C[C@H]2C(=O)N[C@@H](C)C#Cc2ccccc2)C(C)C)on1. The first-order valence-electron chi connectivity index (χ1n) is 12.5. The van der Waals surface area contributed by atoms with E-state index in [1.165, 1.54) is 4.90 Å². The van der Waals surface area contributed by atoms with E-state index in [0.29, 0.717) is 5.76 Å². The van der Waals surface area contributed by atoms with Gasteiger partial charge < -0.3 is 19.8 Å². The Balaban J connectivity index is 1.74. The molecule has 3 rings (SSSR count). The van der Waals surface area contributed by atoms with Crippen molar-refractivity contribution in [3.63, 3.8) is 0 Å². The number of amides is 2. The van der Waals surface area contributed by atoms with Crippen LogP contribution in [0.3, 0.4) is 0 Å². The molecule has 7 heteroatoms. The van der Waals surface area contributed by atoms with Gasteiger partial charge in [-0.3, -0.25) is 9.59 Å². The number of carbonyl (C=O) groups is 2. The van der Waals surface area contributed by atoms with Gasteiger partial charge in [0.25, 0.3) is 0 Å². The minimum atomic E-state index is -0.763. The minimum absolute atomic E-state index is 0.0677. The van der Waals surface area contributed by atoms with Crippen LogP contribution in [0.2, 0.25) is 0 Å². The summed E-state index contributed by atoms with van der Waals surface area (Å²) in [6.07, 6.45) is 1.45. The number of nitrogens with one attached hydrogen (secondary N) is 1. The molecule has 7 nitrogen and oxygen atoms in total. The van der Waals surface area contributed by atoms with Gasteiger partial charge in [-0.1, -0.05) is 69.3 Å². The second-order valence-corrected chi connectivity index (χ2v) is 9.83. The van der Waals surface area contributed by atoms with Gasteiger partial charge in [0.2, 0.25) is 11.8 Å². The Morgan fingerprint density at radius 3 is 2.60 bits per heavy atom. The summed E-state index contributed by atoms with van der Waals surface area (Å²) in [6, 6.07) is 10.2. The molecular weight excluding hydrogens is 442 g/mol. The van der Waals surface area contributed by atoms with E-state index in [2.05, 4.69) is 36.2 Å². The highest BCUT2D eigenvalue weighted by atomic mass is 16.5. The zero-order chi connectivity index (χ0) is 25.5. The fourth-order valence-electron chi connectivity index (χ4n) is 4.54. The van der Waals surface area contributed by atoms with Crippen LogP contribution in [0.25, 0.3) is 0 Å². The van der Waals surface area contributed by atoms with Crippen molar-refractivity contribution >= 4 is 11.8 Å². The molecule has 35 heavy (non-hydrogen) atoms. The molecule has 2 N–H and O–H groups in total. The van der Waals surface area contributed by atoms with Gasteiger partial charge in [-0.05, 0) is 31.4 Å². The zero-order valence-corrected chi connectivity index (χ0v) is 21.3. The zero-order valence-electron chi connectivity index (χ0n) is 21.3. The third kappa shape index (κ3) is 6.73. The average Bonchev–Trinajstić information content (AvgIpc) is 3.45. The second kappa shape index (κ2) is 12.0. The highest BCUT2D eigenvalue weighted by Crippen LogP contribution is 2.32. The van der Waals surface area contributed by atoms with Crippen molar-refractivity contribution in [1.29, 1.82) is 0 Å². The molecule has 2 amide bonds. The molecule has 1 aromatic heterocycles. The first-order chi connectivity index (χ1) is 16.7. The first-order valence-corrected chi connectivity index (χ1v) is 12.5. The molecule has 0 bridgehead atoms. The molecule has 0 saturated carbocycles. The number of benzene rings is 1. The maximum Gasteiger partial charge on any atom is 0.243 e. The fraction of sp³-hybridized carbons (Fsp3) is 0.536. The number of nitrogens with zero attached hydrogens (tertiary/aromatic N) is 2. The molecule has 1 aliphatic rings. The number of likely N-dealkylation sites (tertiary alicyclic amines) is 1. The summed E-state index contributed by atoms with van der Waals surface area (Å²) in [5.41, 5.74) is 1.70. The van der Waals surface area contributed by atoms with E-state index in [1.807, 2.05) is 50.2 Å². The average molecular weight is 480 g/mol. The molecule has 2 unspecified atom stereocenters. The minimum Gasteiger partial charge on any atom is -0.391 e. The summed E-state index contributed by atoms with van der Waals surface area (Å²) in [7, 11) is 0. The molecule has 188 valence electrons. The van der Waals surface area contributed by atoms with Gasteiger partial charge in [0.1, 0.15) is 17.7 Å². The molecule has 0 aliphatic carbocycles. The van der Waals surface area contributed by atoms with Crippen LogP contribution < -0.4 is 5.32 Å². The molecule has 2 heterocycles. The fourth-order valence-corrected chi connectivity index (χ4v) is 4.54. The molecule has 1 aromatic carbocycles. The van der Waals surface area contributed by atoms with E-state index in [0.717, 1.165) is 24.1 Å². The normalized spacial score (nSPS) is 20.1. The monoisotopic (exact) mass is 479 g/mol. The van der Waals surface area contributed by atoms with E-state index < -0.39 is 24.1 Å². The van der Waals surface area contributed by atoms with Gasteiger partial charge in [0.15, 0.2) is 0 Å². The number of aliphatic hydroxyl groups excluding tert-OH is 1. The van der Waals surface area contributed by atoms with E-state index in [1.54, 1.807) is 6.92 Å². The van der Waals surface area contributed by atoms with Crippen molar-refractivity contribution in [3.05, 3.63) is 53.4 Å². The second-order valence-electron chi connectivity index (χ2n) is 9.83. The number of hydrogen-bond donors (Lipinski definition) is 2. The summed E-state index contributed by atoms with van der Waals surface area (Å²) in [6.45, 7) is 10.0. The summed E-state index contributed by atoms with van der Waals surface area (Å²) in [4.78, 5) is 28.3. The molecule has 5 atom stereocenters. The Kier molecular flexibility index (Phi) is 9.11. The van der Waals surface area contributed by atoms with Gasteiger partial charge in [0.05, 0.1) is 17.8 Å². The Labute approximate surface area is 208 Å². The number of rotatable bonds is 8. The number of carbonyl (C=O) groups excluding carboxylic acids is 2. The highest BCUT2D eigenvalue weighted by molar-refractivity contribution is 5.91. The Morgan fingerprint density at radius 2 is 1.94 bits per heavy atom. The quantitative estimate of drug-likeness (QED) is 0.561. The van der Waals surface area contributed by atoms with Crippen LogP contribution in [0.1, 0.15) is 82.7 Å². The molecule has 1 fully saturated rings. The molecular formula is C28H37N3O4. The van der Waals surface area contributed by atoms with Gasteiger partial charge in [0, 0.05) is 30.5 Å². The predicted octanol–water partition coefficient (Wildman–Crippen LogP) is 3.84. The van der Waals surface area contributed by atoms with Crippen molar-refractivity contribution in [2.75, 3.05) is 6.54 Å². The van der Waals surface area contributed by atoms with Gasteiger partial charge in [-0.2, -0.15) is 0 Å². The van der Waals surface area contributed by atoms with E-state index in [9.17, 15) is 14.7 Å². The Morgan fingerprint density at radius 1 is 1.23 bits per heavy atom.